The highest BCUT2D eigenvalue weighted by atomic mass is 16.5. The highest BCUT2D eigenvalue weighted by Gasteiger charge is 2.35. The monoisotopic (exact) mass is 346 g/mol. The summed E-state index contributed by atoms with van der Waals surface area (Å²) in [6.07, 6.45) is 2.32. The summed E-state index contributed by atoms with van der Waals surface area (Å²) < 4.78 is 5.07. The summed E-state index contributed by atoms with van der Waals surface area (Å²) in [4.78, 5) is 36.3. The smallest absolute Gasteiger partial charge is 0.303 e. The lowest BCUT2D eigenvalue weighted by Gasteiger charge is -2.22. The number of carbonyl (C=O) groups excluding carboxylic acids is 3. The average molecular weight is 346 g/mol. The first-order valence-electron chi connectivity index (χ1n) is 7.46. The molecule has 1 aliphatic carbocycles. The molecule has 0 radical (unpaired) electrons. The molecule has 1 aliphatic rings. The van der Waals surface area contributed by atoms with E-state index in [1.54, 1.807) is 0 Å². The molecule has 0 fully saturated rings. The van der Waals surface area contributed by atoms with Crippen LogP contribution in [0.5, 0.6) is 11.5 Å². The van der Waals surface area contributed by atoms with Crippen molar-refractivity contribution in [2.45, 2.75) is 32.5 Å². The summed E-state index contributed by atoms with van der Waals surface area (Å²) in [7, 11) is 0. The minimum atomic E-state index is -1.24. The van der Waals surface area contributed by atoms with Gasteiger partial charge in [-0.05, 0) is 38.1 Å². The first-order chi connectivity index (χ1) is 11.5. The fourth-order valence-electron chi connectivity index (χ4n) is 2.40. The second kappa shape index (κ2) is 6.52. The molecule has 2 rings (SSSR count). The van der Waals surface area contributed by atoms with Crippen molar-refractivity contribution in [2.75, 3.05) is 0 Å². The fourth-order valence-corrected chi connectivity index (χ4v) is 2.40. The summed E-state index contributed by atoms with van der Waals surface area (Å²) in [5.74, 6) is -3.05. The molecule has 0 aromatic heterocycles. The summed E-state index contributed by atoms with van der Waals surface area (Å²) in [5.41, 5.74) is -2.08. The molecule has 1 aromatic rings. The van der Waals surface area contributed by atoms with Crippen LogP contribution in [0.1, 0.15) is 41.5 Å². The van der Waals surface area contributed by atoms with E-state index in [1.165, 1.54) is 26.0 Å². The Bertz CT molecular complexity index is 809. The minimum Gasteiger partial charge on any atom is -0.507 e. The fraction of sp³-hybridized carbons (Fsp3) is 0.278. The first-order valence-corrected chi connectivity index (χ1v) is 7.46. The van der Waals surface area contributed by atoms with Crippen LogP contribution in [-0.2, 0) is 9.53 Å². The van der Waals surface area contributed by atoms with E-state index in [4.69, 9.17) is 4.74 Å². The van der Waals surface area contributed by atoms with E-state index in [-0.39, 0.29) is 16.7 Å². The number of ketones is 2. The van der Waals surface area contributed by atoms with E-state index in [0.717, 1.165) is 25.1 Å². The van der Waals surface area contributed by atoms with Gasteiger partial charge in [-0.1, -0.05) is 6.08 Å². The van der Waals surface area contributed by atoms with Gasteiger partial charge in [-0.3, -0.25) is 14.4 Å². The van der Waals surface area contributed by atoms with Gasteiger partial charge in [0.15, 0.2) is 11.6 Å². The van der Waals surface area contributed by atoms with Crippen molar-refractivity contribution in [1.29, 1.82) is 0 Å². The van der Waals surface area contributed by atoms with Gasteiger partial charge in [-0.2, -0.15) is 0 Å². The third kappa shape index (κ3) is 3.95. The average Bonchev–Trinajstić information content (AvgIpc) is 2.48. The maximum absolute atomic E-state index is 12.7. The number of hydrogen-bond acceptors (Lipinski definition) is 7. The summed E-state index contributed by atoms with van der Waals surface area (Å²) in [6.45, 7) is 4.10. The molecule has 0 spiro atoms. The number of allylic oxidation sites excluding steroid dienone is 1. The zero-order chi connectivity index (χ0) is 18.9. The van der Waals surface area contributed by atoms with Crippen molar-refractivity contribution in [2.24, 2.45) is 0 Å². The van der Waals surface area contributed by atoms with Crippen LogP contribution >= 0.6 is 0 Å². The molecule has 0 aliphatic heterocycles. The molecule has 0 saturated carbocycles. The van der Waals surface area contributed by atoms with Crippen molar-refractivity contribution in [3.63, 3.8) is 0 Å². The van der Waals surface area contributed by atoms with Crippen LogP contribution in [0.2, 0.25) is 0 Å². The molecule has 0 heterocycles. The van der Waals surface area contributed by atoms with Gasteiger partial charge >= 0.3 is 5.97 Å². The second-order valence-electron chi connectivity index (χ2n) is 6.19. The Hall–Kier alpha value is -2.93. The van der Waals surface area contributed by atoms with Crippen LogP contribution in [0, 0.1) is 0 Å². The SMILES string of the molecule is CC(=O)OC(/C=C/C(C)(C)O)C1=CC(=O)c2c(O)ccc(O)c2C1=O. The Morgan fingerprint density at radius 2 is 1.72 bits per heavy atom. The Morgan fingerprint density at radius 3 is 2.24 bits per heavy atom. The van der Waals surface area contributed by atoms with Crippen molar-refractivity contribution in [3.8, 4) is 11.5 Å². The number of aromatic hydroxyl groups is 2. The number of Topliss-reactive ketones (excluding diaryl/α,β-unsaturated/α-hetero) is 1. The topological polar surface area (TPSA) is 121 Å². The number of phenolic OH excluding ortho intramolecular Hbond substituents is 2. The van der Waals surface area contributed by atoms with E-state index < -0.39 is 40.7 Å². The molecular weight excluding hydrogens is 328 g/mol. The van der Waals surface area contributed by atoms with Gasteiger partial charge in [0, 0.05) is 12.5 Å². The standard InChI is InChI=1S/C18H18O7/c1-9(19)25-14(6-7-18(2,3)24)10-8-13(22)15-11(20)4-5-12(21)16(15)17(10)23/h4-8,14,20-21,24H,1-3H3/b7-6+. The van der Waals surface area contributed by atoms with Crippen molar-refractivity contribution in [1.82, 2.24) is 0 Å². The van der Waals surface area contributed by atoms with Crippen molar-refractivity contribution >= 4 is 17.5 Å². The molecule has 0 bridgehead atoms. The molecular formula is C18H18O7. The quantitative estimate of drug-likeness (QED) is 0.431. The Labute approximate surface area is 143 Å². The predicted molar refractivity (Wildman–Crippen MR) is 87.5 cm³/mol. The summed E-state index contributed by atoms with van der Waals surface area (Å²) >= 11 is 0. The van der Waals surface area contributed by atoms with E-state index in [9.17, 15) is 29.7 Å². The molecule has 0 saturated heterocycles. The first kappa shape index (κ1) is 18.4. The Balaban J connectivity index is 2.54. The summed E-state index contributed by atoms with van der Waals surface area (Å²) in [5, 5.41) is 29.5. The number of fused-ring (bicyclic) bond motifs is 1. The molecule has 3 N–H and O–H groups in total. The maximum Gasteiger partial charge on any atom is 0.303 e. The zero-order valence-corrected chi connectivity index (χ0v) is 13.9. The van der Waals surface area contributed by atoms with Gasteiger partial charge in [-0.15, -0.1) is 0 Å². The molecule has 1 atom stereocenters. The number of carbonyl (C=O) groups is 3. The lowest BCUT2D eigenvalue weighted by molar-refractivity contribution is -0.142. The van der Waals surface area contributed by atoms with Crippen LogP contribution in [-0.4, -0.2) is 44.6 Å². The molecule has 1 aromatic carbocycles. The van der Waals surface area contributed by atoms with Gasteiger partial charge in [0.05, 0.1) is 16.7 Å². The molecule has 7 nitrogen and oxygen atoms in total. The van der Waals surface area contributed by atoms with Crippen LogP contribution in [0.3, 0.4) is 0 Å². The Kier molecular flexibility index (Phi) is 4.80. The molecule has 7 heteroatoms. The highest BCUT2D eigenvalue weighted by molar-refractivity contribution is 6.27. The minimum absolute atomic E-state index is 0.186. The molecule has 0 amide bonds. The number of phenols is 2. The normalized spacial score (nSPS) is 15.8. The third-order valence-corrected chi connectivity index (χ3v) is 3.46. The van der Waals surface area contributed by atoms with Gasteiger partial charge < -0.3 is 20.1 Å². The highest BCUT2D eigenvalue weighted by Crippen LogP contribution is 2.36. The van der Waals surface area contributed by atoms with Crippen molar-refractivity contribution < 1.29 is 34.4 Å². The maximum atomic E-state index is 12.7. The van der Waals surface area contributed by atoms with Crippen LogP contribution in [0.15, 0.2) is 35.9 Å². The largest absolute Gasteiger partial charge is 0.507 e. The van der Waals surface area contributed by atoms with Gasteiger partial charge in [-0.25, -0.2) is 0 Å². The van der Waals surface area contributed by atoms with Crippen molar-refractivity contribution in [3.05, 3.63) is 47.1 Å². The molecule has 132 valence electrons. The zero-order valence-electron chi connectivity index (χ0n) is 13.9. The number of benzene rings is 1. The second-order valence-corrected chi connectivity index (χ2v) is 6.19. The van der Waals surface area contributed by atoms with E-state index >= 15 is 0 Å². The summed E-state index contributed by atoms with van der Waals surface area (Å²) in [6, 6.07) is 2.20. The van der Waals surface area contributed by atoms with Crippen LogP contribution in [0.4, 0.5) is 0 Å². The number of aliphatic hydroxyl groups is 1. The third-order valence-electron chi connectivity index (χ3n) is 3.46. The number of esters is 1. The van der Waals surface area contributed by atoms with E-state index in [1.807, 2.05) is 0 Å². The number of hydrogen-bond donors (Lipinski definition) is 3. The molecule has 1 unspecified atom stereocenters. The van der Waals surface area contributed by atoms with Crippen LogP contribution in [0.25, 0.3) is 0 Å². The van der Waals surface area contributed by atoms with Gasteiger partial charge in [0.2, 0.25) is 0 Å². The predicted octanol–water partition coefficient (Wildman–Crippen LogP) is 1.66. The Morgan fingerprint density at radius 1 is 1.16 bits per heavy atom. The van der Waals surface area contributed by atoms with Gasteiger partial charge in [0.1, 0.15) is 17.6 Å². The van der Waals surface area contributed by atoms with E-state index in [2.05, 4.69) is 0 Å². The number of ether oxygens (including phenoxy) is 1. The van der Waals surface area contributed by atoms with Gasteiger partial charge in [0.25, 0.3) is 0 Å². The van der Waals surface area contributed by atoms with Crippen LogP contribution < -0.4 is 0 Å². The lowest BCUT2D eigenvalue weighted by atomic mass is 9.85. The molecule has 25 heavy (non-hydrogen) atoms. The van der Waals surface area contributed by atoms with E-state index in [0.29, 0.717) is 0 Å². The lowest BCUT2D eigenvalue weighted by Crippen LogP contribution is -2.28. The number of rotatable bonds is 4.